The minimum Gasteiger partial charge on any atom is -0.310 e. The van der Waals surface area contributed by atoms with Crippen LogP contribution in [0.25, 0.3) is 85.9 Å². The molecule has 0 radical (unpaired) electrons. The average Bonchev–Trinajstić information content (AvgIpc) is 3.66. The van der Waals surface area contributed by atoms with E-state index in [4.69, 9.17) is 0 Å². The van der Waals surface area contributed by atoms with Crippen molar-refractivity contribution in [3.63, 3.8) is 0 Å². The van der Waals surface area contributed by atoms with Gasteiger partial charge in [0, 0.05) is 37.1 Å². The molecule has 1 heterocycles. The van der Waals surface area contributed by atoms with Crippen LogP contribution >= 0.6 is 11.3 Å². The molecule has 11 aromatic rings. The number of thiophene rings is 1. The predicted octanol–water partition coefficient (Wildman–Crippen LogP) is 16.0. The molecule has 10 aromatic carbocycles. The molecule has 0 aliphatic carbocycles. The zero-order valence-electron chi connectivity index (χ0n) is 30.6. The van der Waals surface area contributed by atoms with Gasteiger partial charge in [0.2, 0.25) is 0 Å². The molecule has 0 amide bonds. The molecule has 11 rings (SSSR count). The third-order valence-corrected chi connectivity index (χ3v) is 12.5. The molecule has 0 fully saturated rings. The smallest absolute Gasteiger partial charge is 0.0540 e. The molecule has 0 spiro atoms. The van der Waals surface area contributed by atoms with Crippen LogP contribution in [0.3, 0.4) is 0 Å². The van der Waals surface area contributed by atoms with Gasteiger partial charge in [0.25, 0.3) is 0 Å². The van der Waals surface area contributed by atoms with Gasteiger partial charge in [-0.2, -0.15) is 0 Å². The molecule has 1 nitrogen and oxygen atoms in total. The van der Waals surface area contributed by atoms with Gasteiger partial charge in [-0.1, -0.05) is 170 Å². The van der Waals surface area contributed by atoms with Crippen LogP contribution in [0.15, 0.2) is 212 Å². The summed E-state index contributed by atoms with van der Waals surface area (Å²) in [4.78, 5) is 2.40. The van der Waals surface area contributed by atoms with E-state index in [-0.39, 0.29) is 0 Å². The lowest BCUT2D eigenvalue weighted by Gasteiger charge is -2.28. The molecular formula is C54H35NS. The summed E-state index contributed by atoms with van der Waals surface area (Å²) in [7, 11) is 0. The Bertz CT molecular complexity index is 3230. The maximum Gasteiger partial charge on any atom is 0.0540 e. The Labute approximate surface area is 330 Å². The Balaban J connectivity index is 1.05. The number of nitrogens with zero attached hydrogens (tertiary/aromatic N) is 1. The Morgan fingerprint density at radius 3 is 1.66 bits per heavy atom. The summed E-state index contributed by atoms with van der Waals surface area (Å²) in [6, 6.07) is 77.6. The molecule has 1 aromatic heterocycles. The highest BCUT2D eigenvalue weighted by Gasteiger charge is 2.19. The molecule has 2 heteroatoms. The summed E-state index contributed by atoms with van der Waals surface area (Å²) in [5, 5.41) is 10.3. The van der Waals surface area contributed by atoms with Gasteiger partial charge >= 0.3 is 0 Å². The van der Waals surface area contributed by atoms with Crippen LogP contribution < -0.4 is 4.90 Å². The normalized spacial score (nSPS) is 11.6. The van der Waals surface area contributed by atoms with E-state index in [1.165, 1.54) is 85.9 Å². The number of hydrogen-bond acceptors (Lipinski definition) is 2. The van der Waals surface area contributed by atoms with E-state index in [9.17, 15) is 0 Å². The third-order valence-electron chi connectivity index (χ3n) is 11.3. The summed E-state index contributed by atoms with van der Waals surface area (Å²) in [5.41, 5.74) is 10.6. The predicted molar refractivity (Wildman–Crippen MR) is 243 cm³/mol. The van der Waals surface area contributed by atoms with E-state index in [1.54, 1.807) is 0 Å². The average molecular weight is 730 g/mol. The second-order valence-corrected chi connectivity index (χ2v) is 15.5. The Hall–Kier alpha value is -7.00. The zero-order valence-corrected chi connectivity index (χ0v) is 31.4. The largest absolute Gasteiger partial charge is 0.310 e. The van der Waals surface area contributed by atoms with Crippen LogP contribution in [0.2, 0.25) is 0 Å². The number of para-hydroxylation sites is 1. The summed E-state index contributed by atoms with van der Waals surface area (Å²) in [5.74, 6) is 0. The van der Waals surface area contributed by atoms with Crippen molar-refractivity contribution in [2.24, 2.45) is 0 Å². The molecule has 0 atom stereocenters. The van der Waals surface area contributed by atoms with Gasteiger partial charge < -0.3 is 4.90 Å². The van der Waals surface area contributed by atoms with E-state index in [2.05, 4.69) is 217 Å². The molecule has 262 valence electrons. The van der Waals surface area contributed by atoms with Crippen LogP contribution in [0.1, 0.15) is 0 Å². The summed E-state index contributed by atoms with van der Waals surface area (Å²) in [6.07, 6.45) is 0. The van der Waals surface area contributed by atoms with Gasteiger partial charge in [0.15, 0.2) is 0 Å². The molecular weight excluding hydrogens is 695 g/mol. The molecule has 0 aliphatic heterocycles. The Kier molecular flexibility index (Phi) is 7.75. The van der Waals surface area contributed by atoms with Crippen LogP contribution in [0, 0.1) is 0 Å². The van der Waals surface area contributed by atoms with Crippen molar-refractivity contribution in [1.29, 1.82) is 0 Å². The standard InChI is InChI=1S/C54H35NS/c1-2-13-36(14-3-1)43-16-8-10-23-51(43)55(41-31-27-38(28-32-41)45-21-12-22-49-47-19-9-11-24-52(47)56-54(45)49)42-33-29-39(30-34-42)50-35-40-26-25-37-15-4-5-17-44(37)53(40)48-20-7-6-18-46(48)50/h1-35H. The maximum absolute atomic E-state index is 2.40. The second-order valence-electron chi connectivity index (χ2n) is 14.4. The van der Waals surface area contributed by atoms with E-state index in [0.29, 0.717) is 0 Å². The molecule has 0 bridgehead atoms. The topological polar surface area (TPSA) is 3.24 Å². The Morgan fingerprint density at radius 1 is 0.321 bits per heavy atom. The van der Waals surface area contributed by atoms with Gasteiger partial charge in [-0.25, -0.2) is 0 Å². The van der Waals surface area contributed by atoms with Crippen molar-refractivity contribution in [2.45, 2.75) is 0 Å². The van der Waals surface area contributed by atoms with E-state index >= 15 is 0 Å². The highest BCUT2D eigenvalue weighted by molar-refractivity contribution is 7.26. The van der Waals surface area contributed by atoms with Crippen molar-refractivity contribution in [2.75, 3.05) is 4.90 Å². The quantitative estimate of drug-likeness (QED) is 0.154. The molecule has 0 aliphatic rings. The van der Waals surface area contributed by atoms with E-state index in [0.717, 1.165) is 17.1 Å². The second kappa shape index (κ2) is 13.4. The van der Waals surface area contributed by atoms with Crippen LogP contribution in [-0.4, -0.2) is 0 Å². The summed E-state index contributed by atoms with van der Waals surface area (Å²) >= 11 is 1.88. The lowest BCUT2D eigenvalue weighted by atomic mass is 9.90. The number of anilines is 3. The molecule has 0 saturated carbocycles. The maximum atomic E-state index is 2.40. The van der Waals surface area contributed by atoms with E-state index in [1.807, 2.05) is 11.3 Å². The minimum atomic E-state index is 1.10. The van der Waals surface area contributed by atoms with Gasteiger partial charge in [-0.15, -0.1) is 11.3 Å². The van der Waals surface area contributed by atoms with Crippen molar-refractivity contribution in [3.05, 3.63) is 212 Å². The SMILES string of the molecule is c1ccc(-c2ccccc2N(c2ccc(-c3cc4ccc5ccccc5c4c4ccccc34)cc2)c2ccc(-c3cccc4c3sc3ccccc34)cc2)cc1. The van der Waals surface area contributed by atoms with E-state index < -0.39 is 0 Å². The summed E-state index contributed by atoms with van der Waals surface area (Å²) in [6.45, 7) is 0. The fraction of sp³-hybridized carbons (Fsp3) is 0. The van der Waals surface area contributed by atoms with Gasteiger partial charge in [-0.3, -0.25) is 0 Å². The first kappa shape index (κ1) is 32.4. The van der Waals surface area contributed by atoms with Crippen LogP contribution in [0.4, 0.5) is 17.1 Å². The fourth-order valence-electron chi connectivity index (χ4n) is 8.63. The third kappa shape index (κ3) is 5.38. The number of benzene rings is 10. The highest BCUT2D eigenvalue weighted by Crippen LogP contribution is 2.45. The number of fused-ring (bicyclic) bond motifs is 8. The first-order chi connectivity index (χ1) is 27.8. The lowest BCUT2D eigenvalue weighted by molar-refractivity contribution is 1.28. The van der Waals surface area contributed by atoms with Crippen LogP contribution in [0.5, 0.6) is 0 Å². The number of rotatable bonds is 6. The molecule has 0 saturated heterocycles. The summed E-state index contributed by atoms with van der Waals surface area (Å²) < 4.78 is 2.65. The fourth-order valence-corrected chi connectivity index (χ4v) is 9.87. The Morgan fingerprint density at radius 2 is 0.875 bits per heavy atom. The first-order valence-electron chi connectivity index (χ1n) is 19.2. The van der Waals surface area contributed by atoms with Gasteiger partial charge in [-0.05, 0) is 103 Å². The van der Waals surface area contributed by atoms with Gasteiger partial charge in [0.05, 0.1) is 5.69 Å². The van der Waals surface area contributed by atoms with Crippen molar-refractivity contribution < 1.29 is 0 Å². The molecule has 0 unspecified atom stereocenters. The van der Waals surface area contributed by atoms with Crippen molar-refractivity contribution >= 4 is 80.9 Å². The van der Waals surface area contributed by atoms with Crippen LogP contribution in [-0.2, 0) is 0 Å². The monoisotopic (exact) mass is 729 g/mol. The first-order valence-corrected chi connectivity index (χ1v) is 20.0. The zero-order chi connectivity index (χ0) is 37.0. The highest BCUT2D eigenvalue weighted by atomic mass is 32.1. The minimum absolute atomic E-state index is 1.10. The van der Waals surface area contributed by atoms with Crippen molar-refractivity contribution in [3.8, 4) is 33.4 Å². The number of hydrogen-bond donors (Lipinski definition) is 0. The van der Waals surface area contributed by atoms with Crippen molar-refractivity contribution in [1.82, 2.24) is 0 Å². The lowest BCUT2D eigenvalue weighted by Crippen LogP contribution is -2.11. The molecule has 0 N–H and O–H groups in total. The molecule has 56 heavy (non-hydrogen) atoms. The van der Waals surface area contributed by atoms with Gasteiger partial charge in [0.1, 0.15) is 0 Å².